The molecule has 1 atom stereocenters. The van der Waals surface area contributed by atoms with Gasteiger partial charge in [-0.1, -0.05) is 42.8 Å². The minimum atomic E-state index is -0.295. The molecule has 156 valence electrons. The molecule has 7 heteroatoms. The van der Waals surface area contributed by atoms with Gasteiger partial charge in [-0.3, -0.25) is 9.69 Å². The maximum atomic E-state index is 13.0. The van der Waals surface area contributed by atoms with Crippen LogP contribution in [0.5, 0.6) is 11.5 Å². The van der Waals surface area contributed by atoms with Gasteiger partial charge < -0.3 is 20.2 Å². The van der Waals surface area contributed by atoms with Crippen molar-refractivity contribution >= 4 is 17.5 Å². The molecule has 0 saturated carbocycles. The molecule has 2 aromatic carbocycles. The Bertz CT molecular complexity index is 857. The summed E-state index contributed by atoms with van der Waals surface area (Å²) in [5.74, 6) is -0.825. The van der Waals surface area contributed by atoms with Crippen molar-refractivity contribution in [3.63, 3.8) is 0 Å². The highest BCUT2D eigenvalue weighted by atomic mass is 35.5. The molecule has 1 aliphatic rings. The van der Waals surface area contributed by atoms with Crippen molar-refractivity contribution in [2.75, 3.05) is 26.2 Å². The first kappa shape index (κ1) is 21.4. The van der Waals surface area contributed by atoms with Crippen molar-refractivity contribution in [1.29, 1.82) is 0 Å². The van der Waals surface area contributed by atoms with E-state index in [1.807, 2.05) is 12.1 Å². The topological polar surface area (TPSA) is 84.2 Å². The van der Waals surface area contributed by atoms with Gasteiger partial charge in [0.1, 0.15) is 11.5 Å². The van der Waals surface area contributed by atoms with Crippen molar-refractivity contribution in [1.82, 2.24) is 9.80 Å². The van der Waals surface area contributed by atoms with E-state index in [0.29, 0.717) is 13.1 Å². The third kappa shape index (κ3) is 4.83. The molecule has 1 aliphatic heterocycles. The third-order valence-electron chi connectivity index (χ3n) is 5.44. The second-order valence-electron chi connectivity index (χ2n) is 7.31. The molecule has 6 nitrogen and oxygen atoms in total. The van der Waals surface area contributed by atoms with Crippen molar-refractivity contribution in [2.45, 2.75) is 32.4 Å². The summed E-state index contributed by atoms with van der Waals surface area (Å²) in [6.07, 6.45) is 1.73. The predicted octanol–water partition coefficient (Wildman–Crippen LogP) is 3.54. The first-order valence-corrected chi connectivity index (χ1v) is 10.3. The van der Waals surface area contributed by atoms with Gasteiger partial charge in [0.05, 0.1) is 23.2 Å². The number of aromatic hydroxyl groups is 2. The van der Waals surface area contributed by atoms with Gasteiger partial charge in [-0.05, 0) is 36.6 Å². The minimum Gasteiger partial charge on any atom is -0.507 e. The number of nitrogens with zero attached hydrogens (tertiary/aromatic N) is 2. The van der Waals surface area contributed by atoms with Crippen LogP contribution in [0.15, 0.2) is 36.4 Å². The Morgan fingerprint density at radius 3 is 2.59 bits per heavy atom. The summed E-state index contributed by atoms with van der Waals surface area (Å²) in [5, 5.41) is 28.9. The lowest BCUT2D eigenvalue weighted by atomic mass is 10.0. The number of benzene rings is 2. The third-order valence-corrected chi connectivity index (χ3v) is 5.75. The molecule has 0 bridgehead atoms. The van der Waals surface area contributed by atoms with Gasteiger partial charge in [-0.2, -0.15) is 0 Å². The number of likely N-dealkylation sites (tertiary alicyclic amines) is 1. The van der Waals surface area contributed by atoms with Crippen LogP contribution >= 0.6 is 11.6 Å². The van der Waals surface area contributed by atoms with Gasteiger partial charge in [-0.15, -0.1) is 0 Å². The van der Waals surface area contributed by atoms with Crippen LogP contribution in [-0.4, -0.2) is 57.3 Å². The van der Waals surface area contributed by atoms with E-state index in [0.717, 1.165) is 43.1 Å². The van der Waals surface area contributed by atoms with Crippen LogP contribution in [0.3, 0.4) is 0 Å². The van der Waals surface area contributed by atoms with Crippen LogP contribution < -0.4 is 0 Å². The monoisotopic (exact) mass is 418 g/mol. The van der Waals surface area contributed by atoms with Crippen LogP contribution in [0.4, 0.5) is 0 Å². The van der Waals surface area contributed by atoms with E-state index in [1.165, 1.54) is 6.07 Å². The zero-order valence-electron chi connectivity index (χ0n) is 16.5. The zero-order chi connectivity index (χ0) is 21.0. The largest absolute Gasteiger partial charge is 0.507 e. The number of hydrogen-bond acceptors (Lipinski definition) is 5. The first-order valence-electron chi connectivity index (χ1n) is 9.89. The Kier molecular flexibility index (Phi) is 7.00. The van der Waals surface area contributed by atoms with Gasteiger partial charge in [0, 0.05) is 25.7 Å². The van der Waals surface area contributed by atoms with Crippen LogP contribution in [0.1, 0.15) is 47.3 Å². The Balaban J connectivity index is 1.77. The molecule has 29 heavy (non-hydrogen) atoms. The van der Waals surface area contributed by atoms with E-state index >= 15 is 0 Å². The number of carbonyl (C=O) groups is 1. The van der Waals surface area contributed by atoms with Gasteiger partial charge in [0.25, 0.3) is 5.91 Å². The number of phenolic OH excluding ortho intramolecular Hbond substituents is 2. The number of hydrogen-bond donors (Lipinski definition) is 3. The summed E-state index contributed by atoms with van der Waals surface area (Å²) in [7, 11) is 0. The molecule has 0 aromatic heterocycles. The molecule has 3 N–H and O–H groups in total. The maximum absolute atomic E-state index is 13.0. The number of likely N-dealkylation sites (N-methyl/N-ethyl adjacent to an activating group) is 1. The average Bonchev–Trinajstić information content (AvgIpc) is 3.20. The normalized spacial score (nSPS) is 16.6. The SMILES string of the molecule is CCN(CCO)Cc1ccc(C2CCCN2C(=O)c2cc(Cl)c(O)cc2O)cc1. The van der Waals surface area contributed by atoms with E-state index in [4.69, 9.17) is 16.7 Å². The van der Waals surface area contributed by atoms with Gasteiger partial charge >= 0.3 is 0 Å². The molecule has 2 aromatic rings. The van der Waals surface area contributed by atoms with Gasteiger partial charge in [0.15, 0.2) is 0 Å². The van der Waals surface area contributed by atoms with Crippen molar-refractivity contribution in [3.05, 3.63) is 58.1 Å². The fourth-order valence-electron chi connectivity index (χ4n) is 3.83. The molecule has 1 fully saturated rings. The van der Waals surface area contributed by atoms with Gasteiger partial charge in [0.2, 0.25) is 0 Å². The molecule has 3 rings (SSSR count). The summed E-state index contributed by atoms with van der Waals surface area (Å²) in [6.45, 7) is 5.08. The summed E-state index contributed by atoms with van der Waals surface area (Å²) < 4.78 is 0. The van der Waals surface area contributed by atoms with E-state index < -0.39 is 0 Å². The summed E-state index contributed by atoms with van der Waals surface area (Å²) >= 11 is 5.93. The molecule has 0 aliphatic carbocycles. The summed E-state index contributed by atoms with van der Waals surface area (Å²) in [4.78, 5) is 16.9. The van der Waals surface area contributed by atoms with Crippen LogP contribution in [0, 0.1) is 0 Å². The fourth-order valence-corrected chi connectivity index (χ4v) is 3.99. The van der Waals surface area contributed by atoms with Crippen molar-refractivity contribution in [2.24, 2.45) is 0 Å². The second-order valence-corrected chi connectivity index (χ2v) is 7.72. The first-order chi connectivity index (χ1) is 13.9. The lowest BCUT2D eigenvalue weighted by Gasteiger charge is -2.26. The lowest BCUT2D eigenvalue weighted by molar-refractivity contribution is 0.0732. The predicted molar refractivity (Wildman–Crippen MR) is 112 cm³/mol. The van der Waals surface area contributed by atoms with Crippen LogP contribution in [-0.2, 0) is 6.54 Å². The fraction of sp³-hybridized carbons (Fsp3) is 0.409. The molecular formula is C22H27ClN2O4. The van der Waals surface area contributed by atoms with E-state index in [9.17, 15) is 15.0 Å². The van der Waals surface area contributed by atoms with E-state index in [2.05, 4.69) is 24.0 Å². The average molecular weight is 419 g/mol. The number of carbonyl (C=O) groups excluding carboxylic acids is 1. The standard InChI is InChI=1S/C22H27ClN2O4/c1-2-24(10-11-26)14-15-5-7-16(8-6-15)19-4-3-9-25(19)22(29)17-12-18(23)21(28)13-20(17)27/h5-8,12-13,19,26-28H,2-4,9-11,14H2,1H3. The van der Waals surface area contributed by atoms with Crippen molar-refractivity contribution in [3.8, 4) is 11.5 Å². The highest BCUT2D eigenvalue weighted by Gasteiger charge is 2.32. The Hall–Kier alpha value is -2.28. The van der Waals surface area contributed by atoms with Gasteiger partial charge in [-0.25, -0.2) is 0 Å². The quantitative estimate of drug-likeness (QED) is 0.640. The molecule has 1 amide bonds. The van der Waals surface area contributed by atoms with Crippen molar-refractivity contribution < 1.29 is 20.1 Å². The second kappa shape index (κ2) is 9.48. The Morgan fingerprint density at radius 1 is 1.21 bits per heavy atom. The number of halogens is 1. The summed E-state index contributed by atoms with van der Waals surface area (Å²) in [5.41, 5.74) is 2.30. The number of rotatable bonds is 7. The van der Waals surface area contributed by atoms with E-state index in [1.54, 1.807) is 4.90 Å². The van der Waals surface area contributed by atoms with E-state index in [-0.39, 0.29) is 40.6 Å². The summed E-state index contributed by atoms with van der Waals surface area (Å²) in [6, 6.07) is 10.6. The smallest absolute Gasteiger partial charge is 0.258 e. The number of amides is 1. The lowest BCUT2D eigenvalue weighted by Crippen LogP contribution is -2.30. The number of aliphatic hydroxyl groups is 1. The van der Waals surface area contributed by atoms with Crippen LogP contribution in [0.2, 0.25) is 5.02 Å². The number of aliphatic hydroxyl groups excluding tert-OH is 1. The zero-order valence-corrected chi connectivity index (χ0v) is 17.3. The Morgan fingerprint density at radius 2 is 1.93 bits per heavy atom. The molecule has 1 heterocycles. The molecular weight excluding hydrogens is 392 g/mol. The van der Waals surface area contributed by atoms with Crippen LogP contribution in [0.25, 0.3) is 0 Å². The Labute approximate surface area is 175 Å². The molecule has 0 radical (unpaired) electrons. The number of phenols is 2. The maximum Gasteiger partial charge on any atom is 0.258 e. The minimum absolute atomic E-state index is 0.0367. The molecule has 1 saturated heterocycles. The highest BCUT2D eigenvalue weighted by Crippen LogP contribution is 2.37. The highest BCUT2D eigenvalue weighted by molar-refractivity contribution is 6.32. The molecule has 0 spiro atoms. The molecule has 1 unspecified atom stereocenters.